The second kappa shape index (κ2) is 6.38. The monoisotopic (exact) mass is 340 g/mol. The smallest absolute Gasteiger partial charge is 0.287 e. The molecule has 2 aromatic rings. The molecule has 0 fully saturated rings. The first kappa shape index (κ1) is 14.3. The second-order valence-electron chi connectivity index (χ2n) is 3.96. The topological polar surface area (TPSA) is 100 Å². The van der Waals surface area contributed by atoms with Gasteiger partial charge in [0.05, 0.1) is 12.7 Å². The molecule has 7 nitrogen and oxygen atoms in total. The number of aromatic amines is 1. The number of aromatic nitrogens is 2. The maximum absolute atomic E-state index is 11.7. The van der Waals surface area contributed by atoms with Crippen molar-refractivity contribution in [2.75, 3.05) is 11.9 Å². The molecule has 8 heteroatoms. The van der Waals surface area contributed by atoms with Gasteiger partial charge in [-0.15, -0.1) is 0 Å². The molecule has 2 rings (SSSR count). The summed E-state index contributed by atoms with van der Waals surface area (Å²) in [5, 5.41) is 11.6. The predicted octanol–water partition coefficient (Wildman–Crippen LogP) is 1.70. The van der Waals surface area contributed by atoms with E-state index in [1.807, 2.05) is 6.92 Å². The lowest BCUT2D eigenvalue weighted by Gasteiger charge is -2.05. The molecule has 0 aromatic carbocycles. The van der Waals surface area contributed by atoms with Gasteiger partial charge in [0.25, 0.3) is 5.91 Å². The number of nitrogens with zero attached hydrogens (tertiary/aromatic N) is 1. The van der Waals surface area contributed by atoms with E-state index in [0.717, 1.165) is 12.0 Å². The fraction of sp³-hybridized carbons (Fsp3) is 0.250. The Kier molecular flexibility index (Phi) is 4.57. The summed E-state index contributed by atoms with van der Waals surface area (Å²) in [7, 11) is 0. The van der Waals surface area contributed by atoms with Crippen molar-refractivity contribution in [1.82, 2.24) is 15.5 Å². The molecule has 0 atom stereocenters. The largest absolute Gasteiger partial charge is 0.444 e. The van der Waals surface area contributed by atoms with E-state index in [1.165, 1.54) is 6.07 Å². The molecule has 0 saturated carbocycles. The van der Waals surface area contributed by atoms with Gasteiger partial charge < -0.3 is 15.1 Å². The van der Waals surface area contributed by atoms with Crippen LogP contribution in [0, 0.1) is 0 Å². The lowest BCUT2D eigenvalue weighted by atomic mass is 10.2. The number of nitrogens with one attached hydrogen (secondary N) is 3. The highest BCUT2D eigenvalue weighted by molar-refractivity contribution is 9.10. The molecule has 0 unspecified atom stereocenters. The summed E-state index contributed by atoms with van der Waals surface area (Å²) in [5.74, 6) is -0.109. The minimum Gasteiger partial charge on any atom is -0.444 e. The van der Waals surface area contributed by atoms with Crippen LogP contribution in [0.3, 0.4) is 0 Å². The zero-order valence-corrected chi connectivity index (χ0v) is 12.3. The van der Waals surface area contributed by atoms with Crippen LogP contribution < -0.4 is 10.6 Å². The van der Waals surface area contributed by atoms with Crippen molar-refractivity contribution in [3.05, 3.63) is 34.3 Å². The van der Waals surface area contributed by atoms with Crippen molar-refractivity contribution >= 4 is 33.6 Å². The fourth-order valence-electron chi connectivity index (χ4n) is 1.56. The molecule has 0 aliphatic rings. The van der Waals surface area contributed by atoms with Crippen molar-refractivity contribution < 1.29 is 14.0 Å². The van der Waals surface area contributed by atoms with E-state index in [9.17, 15) is 9.59 Å². The Labute approximate surface area is 123 Å². The van der Waals surface area contributed by atoms with Crippen molar-refractivity contribution in [2.24, 2.45) is 0 Å². The van der Waals surface area contributed by atoms with E-state index in [4.69, 9.17) is 4.42 Å². The van der Waals surface area contributed by atoms with Gasteiger partial charge in [0.2, 0.25) is 5.91 Å². The molecule has 0 spiro atoms. The van der Waals surface area contributed by atoms with Gasteiger partial charge in [0.1, 0.15) is 5.82 Å². The van der Waals surface area contributed by atoms with Gasteiger partial charge in [-0.25, -0.2) is 0 Å². The molecule has 0 saturated heterocycles. The van der Waals surface area contributed by atoms with Crippen LogP contribution in [-0.4, -0.2) is 28.6 Å². The molecular weight excluding hydrogens is 328 g/mol. The van der Waals surface area contributed by atoms with Crippen molar-refractivity contribution in [2.45, 2.75) is 13.3 Å². The zero-order chi connectivity index (χ0) is 14.5. The highest BCUT2D eigenvalue weighted by Crippen LogP contribution is 2.13. The van der Waals surface area contributed by atoms with Crippen LogP contribution in [0.2, 0.25) is 0 Å². The van der Waals surface area contributed by atoms with E-state index in [0.29, 0.717) is 10.5 Å². The molecule has 2 amide bonds. The highest BCUT2D eigenvalue weighted by Gasteiger charge is 2.13. The zero-order valence-electron chi connectivity index (χ0n) is 10.7. The molecule has 0 aliphatic heterocycles. The number of anilines is 1. The Morgan fingerprint density at radius 1 is 1.45 bits per heavy atom. The molecule has 2 aromatic heterocycles. The number of carbonyl (C=O) groups excluding carboxylic acids is 2. The molecule has 106 valence electrons. The van der Waals surface area contributed by atoms with Crippen LogP contribution in [0.25, 0.3) is 0 Å². The Morgan fingerprint density at radius 3 is 2.90 bits per heavy atom. The summed E-state index contributed by atoms with van der Waals surface area (Å²) in [5.41, 5.74) is 0.902. The van der Waals surface area contributed by atoms with E-state index in [-0.39, 0.29) is 18.2 Å². The maximum Gasteiger partial charge on any atom is 0.287 e. The third-order valence-corrected chi connectivity index (χ3v) is 3.00. The van der Waals surface area contributed by atoms with Crippen molar-refractivity contribution in [3.8, 4) is 0 Å². The average molecular weight is 341 g/mol. The fourth-order valence-corrected chi connectivity index (χ4v) is 1.86. The Balaban J connectivity index is 1.85. The van der Waals surface area contributed by atoms with Crippen molar-refractivity contribution in [3.63, 3.8) is 0 Å². The summed E-state index contributed by atoms with van der Waals surface area (Å²) in [6, 6.07) is 3.12. The number of carbonyl (C=O) groups is 2. The number of H-pyrrole nitrogens is 1. The number of aryl methyl sites for hydroxylation is 1. The van der Waals surface area contributed by atoms with Gasteiger partial charge in [-0.1, -0.05) is 6.92 Å². The molecular formula is C12H13BrN4O3. The standard InChI is InChI=1S/C12H13BrN4O3/c1-2-7-5-15-17-11(7)16-10(18)6-14-12(19)8-3-4-9(13)20-8/h3-5H,2,6H2,1H3,(H,14,19)(H2,15,16,17,18). The van der Waals surface area contributed by atoms with Gasteiger partial charge in [-0.3, -0.25) is 14.7 Å². The van der Waals surface area contributed by atoms with Gasteiger partial charge in [-0.2, -0.15) is 5.10 Å². The molecule has 0 radical (unpaired) electrons. The number of furan rings is 1. The first-order valence-electron chi connectivity index (χ1n) is 5.95. The lowest BCUT2D eigenvalue weighted by molar-refractivity contribution is -0.115. The number of amides is 2. The first-order chi connectivity index (χ1) is 9.60. The summed E-state index contributed by atoms with van der Waals surface area (Å²) < 4.78 is 5.53. The minimum atomic E-state index is -0.453. The van der Waals surface area contributed by atoms with Crippen LogP contribution in [0.5, 0.6) is 0 Å². The van der Waals surface area contributed by atoms with E-state index < -0.39 is 5.91 Å². The van der Waals surface area contributed by atoms with Crippen LogP contribution in [-0.2, 0) is 11.2 Å². The normalized spacial score (nSPS) is 10.3. The van der Waals surface area contributed by atoms with E-state index in [2.05, 4.69) is 36.8 Å². The quantitative estimate of drug-likeness (QED) is 0.771. The average Bonchev–Trinajstić information content (AvgIpc) is 3.04. The van der Waals surface area contributed by atoms with Crippen LogP contribution >= 0.6 is 15.9 Å². The molecule has 0 bridgehead atoms. The summed E-state index contributed by atoms with van der Waals surface area (Å²) >= 11 is 3.10. The molecule has 2 heterocycles. The minimum absolute atomic E-state index is 0.139. The van der Waals surface area contributed by atoms with Gasteiger partial charge in [-0.05, 0) is 34.5 Å². The Bertz CT molecular complexity index is 620. The first-order valence-corrected chi connectivity index (χ1v) is 6.75. The predicted molar refractivity (Wildman–Crippen MR) is 75.3 cm³/mol. The van der Waals surface area contributed by atoms with Crippen LogP contribution in [0.4, 0.5) is 5.82 Å². The summed E-state index contributed by atoms with van der Waals surface area (Å²) in [4.78, 5) is 23.4. The maximum atomic E-state index is 11.7. The summed E-state index contributed by atoms with van der Waals surface area (Å²) in [6.07, 6.45) is 2.40. The van der Waals surface area contributed by atoms with Crippen LogP contribution in [0.1, 0.15) is 23.0 Å². The van der Waals surface area contributed by atoms with Crippen molar-refractivity contribution in [1.29, 1.82) is 0 Å². The third kappa shape index (κ3) is 3.47. The third-order valence-electron chi connectivity index (χ3n) is 2.57. The van der Waals surface area contributed by atoms with Gasteiger partial charge in [0.15, 0.2) is 10.4 Å². The Morgan fingerprint density at radius 2 is 2.25 bits per heavy atom. The lowest BCUT2D eigenvalue weighted by Crippen LogP contribution is -2.32. The van der Waals surface area contributed by atoms with E-state index in [1.54, 1.807) is 12.3 Å². The molecule has 20 heavy (non-hydrogen) atoms. The SMILES string of the molecule is CCc1cn[nH]c1NC(=O)CNC(=O)c1ccc(Br)o1. The number of hydrogen-bond acceptors (Lipinski definition) is 4. The van der Waals surface area contributed by atoms with Gasteiger partial charge >= 0.3 is 0 Å². The molecule has 0 aliphatic carbocycles. The van der Waals surface area contributed by atoms with Gasteiger partial charge in [0, 0.05) is 5.56 Å². The summed E-state index contributed by atoms with van der Waals surface area (Å²) in [6.45, 7) is 1.80. The molecule has 3 N–H and O–H groups in total. The van der Waals surface area contributed by atoms with E-state index >= 15 is 0 Å². The highest BCUT2D eigenvalue weighted by atomic mass is 79.9. The number of rotatable bonds is 5. The Hall–Kier alpha value is -2.09. The van der Waals surface area contributed by atoms with Crippen LogP contribution in [0.15, 0.2) is 27.4 Å². The number of hydrogen-bond donors (Lipinski definition) is 3. The number of halogens is 1. The second-order valence-corrected chi connectivity index (χ2v) is 4.74.